The molecule has 0 atom stereocenters. The van der Waals surface area contributed by atoms with E-state index in [1.807, 2.05) is 33.4 Å². The van der Waals surface area contributed by atoms with Crippen LogP contribution in [0, 0.1) is 0 Å². The lowest BCUT2D eigenvalue weighted by atomic mass is 9.94. The van der Waals surface area contributed by atoms with Crippen LogP contribution in [0.15, 0.2) is 41.8 Å². The Bertz CT molecular complexity index is 887. The molecule has 1 saturated heterocycles. The summed E-state index contributed by atoms with van der Waals surface area (Å²) >= 11 is 1.47. The van der Waals surface area contributed by atoms with Crippen LogP contribution in [0.25, 0.3) is 0 Å². The Morgan fingerprint density at radius 1 is 1.00 bits per heavy atom. The summed E-state index contributed by atoms with van der Waals surface area (Å²) in [4.78, 5) is 32.3. The Balaban J connectivity index is 1.27. The lowest BCUT2D eigenvalue weighted by Gasteiger charge is -2.34. The SMILES string of the molecule is CN(Cc1ccccc1NCC(=O)N1CCN(C(=O)c2cccs2)CC1)C1CCCCC1. The van der Waals surface area contributed by atoms with Crippen molar-refractivity contribution in [1.82, 2.24) is 14.7 Å². The number of amides is 2. The highest BCUT2D eigenvalue weighted by Crippen LogP contribution is 2.25. The average Bonchev–Trinajstić information content (AvgIpc) is 3.38. The van der Waals surface area contributed by atoms with Gasteiger partial charge in [0.15, 0.2) is 0 Å². The molecule has 2 aliphatic rings. The van der Waals surface area contributed by atoms with Crippen molar-refractivity contribution in [2.75, 3.05) is 45.1 Å². The van der Waals surface area contributed by atoms with E-state index in [0.717, 1.165) is 17.1 Å². The first-order valence-corrected chi connectivity index (χ1v) is 12.6. The van der Waals surface area contributed by atoms with Crippen molar-refractivity contribution < 1.29 is 9.59 Å². The van der Waals surface area contributed by atoms with Crippen molar-refractivity contribution in [3.8, 4) is 0 Å². The lowest BCUT2D eigenvalue weighted by Crippen LogP contribution is -2.51. The van der Waals surface area contributed by atoms with Gasteiger partial charge in [-0.3, -0.25) is 14.5 Å². The minimum Gasteiger partial charge on any atom is -0.376 e. The van der Waals surface area contributed by atoms with Crippen LogP contribution in [0.5, 0.6) is 0 Å². The third-order valence-electron chi connectivity index (χ3n) is 6.72. The maximum absolute atomic E-state index is 12.8. The number of thiophene rings is 1. The lowest BCUT2D eigenvalue weighted by molar-refractivity contribution is -0.130. The van der Waals surface area contributed by atoms with E-state index in [-0.39, 0.29) is 18.4 Å². The molecule has 7 heteroatoms. The van der Waals surface area contributed by atoms with Crippen LogP contribution in [0.4, 0.5) is 5.69 Å². The summed E-state index contributed by atoms with van der Waals surface area (Å²) in [7, 11) is 2.22. The van der Waals surface area contributed by atoms with Crippen LogP contribution < -0.4 is 5.32 Å². The fourth-order valence-corrected chi connectivity index (χ4v) is 5.44. The fourth-order valence-electron chi connectivity index (χ4n) is 4.75. The van der Waals surface area contributed by atoms with Crippen LogP contribution in [0.3, 0.4) is 0 Å². The second-order valence-electron chi connectivity index (χ2n) is 8.87. The topological polar surface area (TPSA) is 55.9 Å². The maximum atomic E-state index is 12.8. The largest absolute Gasteiger partial charge is 0.376 e. The number of nitrogens with zero attached hydrogens (tertiary/aromatic N) is 3. The van der Waals surface area contributed by atoms with Gasteiger partial charge in [-0.05, 0) is 43.0 Å². The molecule has 1 saturated carbocycles. The smallest absolute Gasteiger partial charge is 0.264 e. The minimum absolute atomic E-state index is 0.0706. The standard InChI is InChI=1S/C25H34N4O2S/c1-27(21-9-3-2-4-10-21)19-20-8-5-6-11-22(20)26-18-24(30)28-13-15-29(16-14-28)25(31)23-12-7-17-32-23/h5-8,11-12,17,21,26H,2-4,9-10,13-16,18-19H2,1H3. The number of nitrogens with one attached hydrogen (secondary N) is 1. The fraction of sp³-hybridized carbons (Fsp3) is 0.520. The molecule has 0 spiro atoms. The van der Waals surface area contributed by atoms with E-state index in [0.29, 0.717) is 32.2 Å². The summed E-state index contributed by atoms with van der Waals surface area (Å²) in [5, 5.41) is 5.30. The highest BCUT2D eigenvalue weighted by molar-refractivity contribution is 7.12. The summed E-state index contributed by atoms with van der Waals surface area (Å²) in [5.74, 6) is 0.157. The van der Waals surface area contributed by atoms with Crippen molar-refractivity contribution in [2.24, 2.45) is 0 Å². The van der Waals surface area contributed by atoms with Crippen LogP contribution in [-0.2, 0) is 11.3 Å². The van der Waals surface area contributed by atoms with Gasteiger partial charge in [0.25, 0.3) is 5.91 Å². The molecule has 1 aromatic heterocycles. The molecule has 4 rings (SSSR count). The second-order valence-corrected chi connectivity index (χ2v) is 9.82. The van der Waals surface area contributed by atoms with E-state index in [9.17, 15) is 9.59 Å². The Kier molecular flexibility index (Phi) is 7.81. The Morgan fingerprint density at radius 3 is 2.44 bits per heavy atom. The van der Waals surface area contributed by atoms with E-state index < -0.39 is 0 Å². The predicted octanol–water partition coefficient (Wildman–Crippen LogP) is 3.91. The summed E-state index contributed by atoms with van der Waals surface area (Å²) in [6, 6.07) is 12.7. The molecule has 1 aliphatic heterocycles. The molecule has 1 aromatic carbocycles. The number of carbonyl (C=O) groups is 2. The maximum Gasteiger partial charge on any atom is 0.264 e. The molecule has 2 aromatic rings. The number of carbonyl (C=O) groups excluding carboxylic acids is 2. The normalized spacial score (nSPS) is 17.6. The third-order valence-corrected chi connectivity index (χ3v) is 7.57. The second kappa shape index (κ2) is 11.0. The van der Waals surface area contributed by atoms with E-state index in [1.165, 1.54) is 49.0 Å². The number of anilines is 1. The van der Waals surface area contributed by atoms with E-state index in [1.54, 1.807) is 0 Å². The third kappa shape index (κ3) is 5.70. The number of benzene rings is 1. The van der Waals surface area contributed by atoms with Gasteiger partial charge in [-0.1, -0.05) is 43.5 Å². The van der Waals surface area contributed by atoms with Gasteiger partial charge in [0, 0.05) is 44.5 Å². The van der Waals surface area contributed by atoms with Crippen molar-refractivity contribution >= 4 is 28.8 Å². The van der Waals surface area contributed by atoms with Gasteiger partial charge in [0.1, 0.15) is 0 Å². The van der Waals surface area contributed by atoms with Gasteiger partial charge in [-0.15, -0.1) is 11.3 Å². The van der Waals surface area contributed by atoms with Gasteiger partial charge >= 0.3 is 0 Å². The highest BCUT2D eigenvalue weighted by atomic mass is 32.1. The molecule has 6 nitrogen and oxygen atoms in total. The van der Waals surface area contributed by atoms with Gasteiger partial charge in [0.05, 0.1) is 11.4 Å². The zero-order valence-corrected chi connectivity index (χ0v) is 19.8. The van der Waals surface area contributed by atoms with E-state index in [2.05, 4.69) is 35.5 Å². The quantitative estimate of drug-likeness (QED) is 0.689. The van der Waals surface area contributed by atoms with Crippen molar-refractivity contribution in [1.29, 1.82) is 0 Å². The first-order chi connectivity index (χ1) is 15.6. The predicted molar refractivity (Wildman–Crippen MR) is 130 cm³/mol. The van der Waals surface area contributed by atoms with Crippen LogP contribution in [0.2, 0.25) is 0 Å². The molecule has 2 amide bonds. The number of rotatable bonds is 7. The Hall–Kier alpha value is -2.38. The number of hydrogen-bond acceptors (Lipinski definition) is 5. The van der Waals surface area contributed by atoms with Gasteiger partial charge in [-0.25, -0.2) is 0 Å². The molecule has 2 fully saturated rings. The molecular weight excluding hydrogens is 420 g/mol. The molecule has 1 N–H and O–H groups in total. The van der Waals surface area contributed by atoms with Gasteiger partial charge in [0.2, 0.25) is 5.91 Å². The average molecular weight is 455 g/mol. The van der Waals surface area contributed by atoms with E-state index in [4.69, 9.17) is 0 Å². The summed E-state index contributed by atoms with van der Waals surface area (Å²) in [5.41, 5.74) is 2.27. The van der Waals surface area contributed by atoms with Crippen LogP contribution in [0.1, 0.15) is 47.3 Å². The summed E-state index contributed by atoms with van der Waals surface area (Å²) in [6.45, 7) is 3.53. The van der Waals surface area contributed by atoms with Gasteiger partial charge in [-0.2, -0.15) is 0 Å². The molecule has 1 aliphatic carbocycles. The van der Waals surface area contributed by atoms with Gasteiger partial charge < -0.3 is 15.1 Å². The Labute approximate surface area is 195 Å². The summed E-state index contributed by atoms with van der Waals surface area (Å²) in [6.07, 6.45) is 6.59. The molecular formula is C25H34N4O2S. The number of hydrogen-bond donors (Lipinski definition) is 1. The Morgan fingerprint density at radius 2 is 1.72 bits per heavy atom. The van der Waals surface area contributed by atoms with Crippen molar-refractivity contribution in [3.05, 3.63) is 52.2 Å². The zero-order chi connectivity index (χ0) is 22.3. The van der Waals surface area contributed by atoms with Crippen molar-refractivity contribution in [3.63, 3.8) is 0 Å². The molecule has 0 unspecified atom stereocenters. The highest BCUT2D eigenvalue weighted by Gasteiger charge is 2.25. The number of para-hydroxylation sites is 1. The zero-order valence-electron chi connectivity index (χ0n) is 19.0. The first-order valence-electron chi connectivity index (χ1n) is 11.7. The van der Waals surface area contributed by atoms with E-state index >= 15 is 0 Å². The van der Waals surface area contributed by atoms with Crippen LogP contribution in [-0.4, -0.2) is 72.3 Å². The molecule has 0 radical (unpaired) electrons. The molecule has 2 heterocycles. The monoisotopic (exact) mass is 454 g/mol. The minimum atomic E-state index is 0.0706. The summed E-state index contributed by atoms with van der Waals surface area (Å²) < 4.78 is 0. The molecule has 172 valence electrons. The molecule has 32 heavy (non-hydrogen) atoms. The molecule has 0 bridgehead atoms. The van der Waals surface area contributed by atoms with Crippen LogP contribution >= 0.6 is 11.3 Å². The van der Waals surface area contributed by atoms with Crippen molar-refractivity contribution in [2.45, 2.75) is 44.7 Å². The number of piperazine rings is 1. The first kappa shape index (κ1) is 22.8.